The third kappa shape index (κ3) is 28.7. The van der Waals surface area contributed by atoms with Crippen LogP contribution in [0.1, 0.15) is 136 Å². The highest BCUT2D eigenvalue weighted by Crippen LogP contribution is 2.38. The predicted molar refractivity (Wildman–Crippen MR) is 173 cm³/mol. The van der Waals surface area contributed by atoms with Crippen molar-refractivity contribution in [2.75, 3.05) is 54.1 Å². The summed E-state index contributed by atoms with van der Waals surface area (Å²) < 4.78 is 35.7. The van der Waals surface area contributed by atoms with Gasteiger partial charge in [0.2, 0.25) is 0 Å². The molecule has 0 aromatic carbocycles. The van der Waals surface area contributed by atoms with E-state index in [2.05, 4.69) is 20.8 Å². The van der Waals surface area contributed by atoms with Crippen LogP contribution in [0.4, 0.5) is 0 Å². The van der Waals surface area contributed by atoms with Gasteiger partial charge < -0.3 is 33.0 Å². The number of aliphatic carboxylic acids is 1. The average Bonchev–Trinajstić information content (AvgIpc) is 2.92. The number of carboxylic acids is 1. The highest BCUT2D eigenvalue weighted by atomic mass is 31.2. The molecule has 0 bridgehead atoms. The van der Waals surface area contributed by atoms with Gasteiger partial charge in [0.15, 0.2) is 0 Å². The lowest BCUT2D eigenvalue weighted by atomic mass is 9.93. The second-order valence-corrected chi connectivity index (χ2v) is 14.7. The van der Waals surface area contributed by atoms with Gasteiger partial charge in [0.05, 0.1) is 40.5 Å². The topological polar surface area (TPSA) is 114 Å². The molecule has 0 saturated carbocycles. The molecule has 0 aliphatic carbocycles. The molecule has 0 aliphatic rings. The molecular formula is C33H68NO8P. The van der Waals surface area contributed by atoms with Crippen molar-refractivity contribution in [1.82, 2.24) is 0 Å². The zero-order chi connectivity index (χ0) is 32.4. The molecule has 4 atom stereocenters. The summed E-state index contributed by atoms with van der Waals surface area (Å²) in [6.45, 7) is 7.63. The van der Waals surface area contributed by atoms with E-state index in [1.165, 1.54) is 77.0 Å². The molecule has 10 heteroatoms. The van der Waals surface area contributed by atoms with Gasteiger partial charge in [-0.25, -0.2) is 0 Å². The molecule has 0 saturated heterocycles. The van der Waals surface area contributed by atoms with Crippen molar-refractivity contribution in [2.24, 2.45) is 5.92 Å². The van der Waals surface area contributed by atoms with Gasteiger partial charge in [-0.3, -0.25) is 9.36 Å². The number of quaternary nitrogens is 1. The fourth-order valence-electron chi connectivity index (χ4n) is 4.91. The van der Waals surface area contributed by atoms with E-state index in [0.717, 1.165) is 19.3 Å². The lowest BCUT2D eigenvalue weighted by molar-refractivity contribution is -0.870. The maximum absolute atomic E-state index is 12.4. The average molecular weight is 638 g/mol. The number of carboxylic acid groups (broad SMARTS) is 1. The van der Waals surface area contributed by atoms with Crippen LogP contribution in [0.25, 0.3) is 0 Å². The number of hydrogen-bond donors (Lipinski definition) is 1. The van der Waals surface area contributed by atoms with Gasteiger partial charge in [-0.15, -0.1) is 0 Å². The summed E-state index contributed by atoms with van der Waals surface area (Å²) in [6, 6.07) is 0. The first-order valence-corrected chi connectivity index (χ1v) is 18.7. The third-order valence-electron chi connectivity index (χ3n) is 7.80. The van der Waals surface area contributed by atoms with Gasteiger partial charge in [-0.2, -0.15) is 0 Å². The van der Waals surface area contributed by atoms with E-state index in [-0.39, 0.29) is 32.3 Å². The van der Waals surface area contributed by atoms with Crippen LogP contribution in [0.2, 0.25) is 0 Å². The molecule has 258 valence electrons. The number of carbonyl (C=O) groups is 1. The summed E-state index contributed by atoms with van der Waals surface area (Å²) in [5.74, 6) is -0.443. The zero-order valence-corrected chi connectivity index (χ0v) is 29.6. The fraction of sp³-hybridized carbons (Fsp3) is 0.970. The Kier molecular flexibility index (Phi) is 26.3. The van der Waals surface area contributed by atoms with Crippen LogP contribution >= 0.6 is 7.82 Å². The monoisotopic (exact) mass is 637 g/mol. The van der Waals surface area contributed by atoms with Crippen molar-refractivity contribution in [3.63, 3.8) is 0 Å². The van der Waals surface area contributed by atoms with Crippen molar-refractivity contribution >= 4 is 13.8 Å². The van der Waals surface area contributed by atoms with Crippen molar-refractivity contribution in [3.8, 4) is 0 Å². The van der Waals surface area contributed by atoms with Gasteiger partial charge in [-0.05, 0) is 31.6 Å². The standard InChI is InChI=1S/C33H68NO8P/c1-7-9-11-13-14-15-16-17-19-23-32(30(3)22-18-12-10-8-2)40-28-31(39-26-21-20-24-33(35)36)29-42-43(37,38)41-27-25-34(4,5)6/h30-32H,7-29H2,1-6H3,(H-,35,36,37,38)/t30?,31-,32-/m1/s1. The molecule has 0 spiro atoms. The maximum atomic E-state index is 12.4. The van der Waals surface area contributed by atoms with E-state index in [1.54, 1.807) is 0 Å². The lowest BCUT2D eigenvalue weighted by Gasteiger charge is -2.30. The molecule has 0 aliphatic heterocycles. The Labute approximate surface area is 264 Å². The molecule has 43 heavy (non-hydrogen) atoms. The minimum absolute atomic E-state index is 0.0395. The predicted octanol–water partition coefficient (Wildman–Crippen LogP) is 7.75. The van der Waals surface area contributed by atoms with Crippen LogP contribution < -0.4 is 4.89 Å². The number of nitrogens with zero attached hydrogens (tertiary/aromatic N) is 1. The summed E-state index contributed by atoms with van der Waals surface area (Å²) in [5.41, 5.74) is 0. The molecular weight excluding hydrogens is 569 g/mol. The third-order valence-corrected chi connectivity index (χ3v) is 8.77. The molecule has 0 aromatic rings. The summed E-state index contributed by atoms with van der Waals surface area (Å²) in [7, 11) is 1.39. The van der Waals surface area contributed by atoms with Gasteiger partial charge >= 0.3 is 5.97 Å². The molecule has 1 N–H and O–H groups in total. The highest BCUT2D eigenvalue weighted by molar-refractivity contribution is 7.45. The summed E-state index contributed by atoms with van der Waals surface area (Å²) in [6.07, 6.45) is 19.1. The lowest BCUT2D eigenvalue weighted by Crippen LogP contribution is -2.37. The number of rotatable bonds is 32. The molecule has 0 radical (unpaired) electrons. The smallest absolute Gasteiger partial charge is 0.303 e. The Balaban J connectivity index is 5.03. The zero-order valence-electron chi connectivity index (χ0n) is 28.7. The summed E-state index contributed by atoms with van der Waals surface area (Å²) >= 11 is 0. The molecule has 0 fully saturated rings. The number of ether oxygens (including phenoxy) is 2. The largest absolute Gasteiger partial charge is 0.756 e. The normalized spacial score (nSPS) is 15.7. The van der Waals surface area contributed by atoms with Crippen LogP contribution in [-0.2, 0) is 27.9 Å². The SMILES string of the molecule is CCCCCCCCCCC[C@@H](OC[C@H](COP(=O)([O-])OCC[N+](C)(C)C)OCCCCC(=O)O)C(C)CCCCCC. The quantitative estimate of drug-likeness (QED) is 0.0453. The van der Waals surface area contributed by atoms with Crippen LogP contribution in [0.5, 0.6) is 0 Å². The first kappa shape index (κ1) is 42.5. The van der Waals surface area contributed by atoms with Gasteiger partial charge in [0.1, 0.15) is 19.3 Å². The van der Waals surface area contributed by atoms with Crippen LogP contribution in [0, 0.1) is 5.92 Å². The van der Waals surface area contributed by atoms with Gasteiger partial charge in [0.25, 0.3) is 7.82 Å². The first-order chi connectivity index (χ1) is 20.4. The Morgan fingerprint density at radius 3 is 1.88 bits per heavy atom. The van der Waals surface area contributed by atoms with Crippen LogP contribution in [-0.4, -0.2) is 81.9 Å². The Morgan fingerprint density at radius 1 is 0.744 bits per heavy atom. The van der Waals surface area contributed by atoms with E-state index < -0.39 is 19.9 Å². The maximum Gasteiger partial charge on any atom is 0.303 e. The number of likely N-dealkylation sites (N-methyl/N-ethyl adjacent to an activating group) is 1. The van der Waals surface area contributed by atoms with Crippen LogP contribution in [0.15, 0.2) is 0 Å². The summed E-state index contributed by atoms with van der Waals surface area (Å²) in [4.78, 5) is 23.3. The Hall–Kier alpha value is -0.540. The number of phosphoric acid groups is 1. The van der Waals surface area contributed by atoms with Gasteiger partial charge in [0, 0.05) is 13.0 Å². The van der Waals surface area contributed by atoms with E-state index in [4.69, 9.17) is 23.6 Å². The fourth-order valence-corrected chi connectivity index (χ4v) is 5.64. The van der Waals surface area contributed by atoms with Crippen molar-refractivity contribution in [3.05, 3.63) is 0 Å². The van der Waals surface area contributed by atoms with Crippen molar-refractivity contribution in [2.45, 2.75) is 149 Å². The van der Waals surface area contributed by atoms with E-state index in [0.29, 0.717) is 36.4 Å². The summed E-state index contributed by atoms with van der Waals surface area (Å²) in [5, 5.41) is 8.91. The minimum Gasteiger partial charge on any atom is -0.756 e. The number of phosphoric ester groups is 1. The second kappa shape index (κ2) is 26.7. The van der Waals surface area contributed by atoms with E-state index >= 15 is 0 Å². The Morgan fingerprint density at radius 2 is 1.30 bits per heavy atom. The first-order valence-electron chi connectivity index (χ1n) is 17.3. The number of unbranched alkanes of at least 4 members (excludes halogenated alkanes) is 12. The highest BCUT2D eigenvalue weighted by Gasteiger charge is 2.22. The van der Waals surface area contributed by atoms with Gasteiger partial charge in [-0.1, -0.05) is 104 Å². The molecule has 0 rings (SSSR count). The minimum atomic E-state index is -4.49. The second-order valence-electron chi connectivity index (χ2n) is 13.2. The molecule has 2 unspecified atom stereocenters. The van der Waals surface area contributed by atoms with Crippen LogP contribution in [0.3, 0.4) is 0 Å². The van der Waals surface area contributed by atoms with E-state index in [9.17, 15) is 14.3 Å². The number of hydrogen-bond acceptors (Lipinski definition) is 7. The molecule has 0 heterocycles. The van der Waals surface area contributed by atoms with E-state index in [1.807, 2.05) is 21.1 Å². The molecule has 9 nitrogen and oxygen atoms in total. The molecule has 0 aromatic heterocycles. The Bertz CT molecular complexity index is 703. The molecule has 0 amide bonds. The van der Waals surface area contributed by atoms with Crippen molar-refractivity contribution < 1.29 is 42.4 Å². The van der Waals surface area contributed by atoms with Crippen molar-refractivity contribution in [1.29, 1.82) is 0 Å².